The fraction of sp³-hybridized carbons (Fsp3) is 0.167. The molecule has 0 aliphatic carbocycles. The molecule has 0 bridgehead atoms. The molecule has 4 aromatic rings. The summed E-state index contributed by atoms with van der Waals surface area (Å²) < 4.78 is 6.56. The van der Waals surface area contributed by atoms with Crippen molar-refractivity contribution in [2.45, 2.75) is 32.4 Å². The average molecular weight is 433 g/mol. The molecule has 1 heterocycles. The Balaban J connectivity index is 1.56. The fourth-order valence-electron chi connectivity index (χ4n) is 4.12. The molecule has 33 heavy (non-hydrogen) atoms. The van der Waals surface area contributed by atoms with Gasteiger partial charge in [-0.3, -0.25) is 0 Å². The van der Waals surface area contributed by atoms with E-state index in [0.29, 0.717) is 5.90 Å². The quantitative estimate of drug-likeness (QED) is 0.333. The Morgan fingerprint density at radius 2 is 1.24 bits per heavy atom. The summed E-state index contributed by atoms with van der Waals surface area (Å²) in [5.74, 6) is 0.628. The number of benzene rings is 4. The number of hydrogen-bond donors (Lipinski definition) is 0. The molecule has 164 valence electrons. The van der Waals surface area contributed by atoms with Crippen molar-refractivity contribution in [3.05, 3.63) is 126 Å². The summed E-state index contributed by atoms with van der Waals surface area (Å²) in [5.41, 5.74) is 6.70. The number of anilines is 1. The van der Waals surface area contributed by atoms with Crippen LogP contribution in [0, 0.1) is 0 Å². The van der Waals surface area contributed by atoms with Crippen LogP contribution in [0.4, 0.5) is 5.69 Å². The smallest absolute Gasteiger partial charge is 0.241 e. The van der Waals surface area contributed by atoms with Crippen molar-refractivity contribution in [2.24, 2.45) is 5.10 Å². The predicted molar refractivity (Wildman–Crippen MR) is 136 cm³/mol. The van der Waals surface area contributed by atoms with Crippen molar-refractivity contribution in [1.82, 2.24) is 0 Å². The van der Waals surface area contributed by atoms with Crippen LogP contribution in [0.3, 0.4) is 0 Å². The van der Waals surface area contributed by atoms with Gasteiger partial charge in [-0.05, 0) is 40.3 Å². The SMILES string of the molecule is CC(C)(C)c1ccc(C2OC(c3ccccc3-c3ccccc3)=NN2c2ccccc2)cc1. The van der Waals surface area contributed by atoms with Gasteiger partial charge in [0.1, 0.15) is 0 Å². The van der Waals surface area contributed by atoms with E-state index in [0.717, 1.165) is 27.9 Å². The van der Waals surface area contributed by atoms with Gasteiger partial charge in [-0.15, -0.1) is 5.10 Å². The largest absolute Gasteiger partial charge is 0.446 e. The summed E-state index contributed by atoms with van der Waals surface area (Å²) in [7, 11) is 0. The molecule has 0 saturated heterocycles. The zero-order chi connectivity index (χ0) is 22.8. The number of rotatable bonds is 4. The van der Waals surface area contributed by atoms with Crippen LogP contribution in [-0.4, -0.2) is 5.90 Å². The van der Waals surface area contributed by atoms with E-state index in [9.17, 15) is 0 Å². The van der Waals surface area contributed by atoms with Crippen molar-refractivity contribution < 1.29 is 4.74 Å². The number of para-hydroxylation sites is 1. The molecule has 1 unspecified atom stereocenters. The third-order valence-electron chi connectivity index (χ3n) is 5.97. The van der Waals surface area contributed by atoms with E-state index in [2.05, 4.69) is 99.6 Å². The van der Waals surface area contributed by atoms with Gasteiger partial charge >= 0.3 is 0 Å². The second-order valence-electron chi connectivity index (χ2n) is 9.34. The normalized spacial score (nSPS) is 15.8. The Morgan fingerprint density at radius 3 is 1.88 bits per heavy atom. The van der Waals surface area contributed by atoms with E-state index in [4.69, 9.17) is 9.84 Å². The lowest BCUT2D eigenvalue weighted by Gasteiger charge is -2.24. The zero-order valence-corrected chi connectivity index (χ0v) is 19.3. The van der Waals surface area contributed by atoms with Crippen LogP contribution in [-0.2, 0) is 10.2 Å². The lowest BCUT2D eigenvalue weighted by atomic mass is 9.86. The van der Waals surface area contributed by atoms with Gasteiger partial charge in [-0.25, -0.2) is 5.01 Å². The van der Waals surface area contributed by atoms with E-state index in [-0.39, 0.29) is 11.6 Å². The first-order valence-electron chi connectivity index (χ1n) is 11.4. The molecule has 0 aromatic heterocycles. The van der Waals surface area contributed by atoms with Gasteiger partial charge in [-0.1, -0.05) is 112 Å². The fourth-order valence-corrected chi connectivity index (χ4v) is 4.12. The third-order valence-corrected chi connectivity index (χ3v) is 5.97. The van der Waals surface area contributed by atoms with Crippen molar-refractivity contribution in [2.75, 3.05) is 5.01 Å². The van der Waals surface area contributed by atoms with Crippen LogP contribution >= 0.6 is 0 Å². The molecule has 4 aromatic carbocycles. The maximum absolute atomic E-state index is 6.56. The first-order chi connectivity index (χ1) is 16.0. The molecule has 1 aliphatic rings. The van der Waals surface area contributed by atoms with E-state index >= 15 is 0 Å². The molecule has 1 aliphatic heterocycles. The topological polar surface area (TPSA) is 24.8 Å². The molecule has 5 rings (SSSR count). The van der Waals surface area contributed by atoms with Crippen LogP contribution in [0.1, 0.15) is 43.7 Å². The summed E-state index contributed by atoms with van der Waals surface area (Å²) >= 11 is 0. The summed E-state index contributed by atoms with van der Waals surface area (Å²) in [6.07, 6.45) is -0.333. The molecule has 3 heteroatoms. The number of ether oxygens (including phenoxy) is 1. The number of hydrogen-bond acceptors (Lipinski definition) is 3. The molecule has 1 atom stereocenters. The van der Waals surface area contributed by atoms with Crippen LogP contribution in [0.25, 0.3) is 11.1 Å². The summed E-state index contributed by atoms with van der Waals surface area (Å²) in [6, 6.07) is 37.6. The Labute approximate surface area is 196 Å². The van der Waals surface area contributed by atoms with E-state index in [1.807, 2.05) is 35.3 Å². The molecular formula is C30H28N2O. The van der Waals surface area contributed by atoms with Crippen LogP contribution in [0.15, 0.2) is 114 Å². The standard InChI is InChI=1S/C30H28N2O/c1-30(2,3)24-20-18-23(19-21-24)29-32(25-14-8-5-9-15-25)31-28(33-29)27-17-11-10-16-26(27)22-12-6-4-7-13-22/h4-21,29H,1-3H3. The first kappa shape index (κ1) is 21.0. The highest BCUT2D eigenvalue weighted by Crippen LogP contribution is 2.37. The lowest BCUT2D eigenvalue weighted by molar-refractivity contribution is 0.218. The van der Waals surface area contributed by atoms with E-state index in [1.165, 1.54) is 5.56 Å². The van der Waals surface area contributed by atoms with Gasteiger partial charge in [0.15, 0.2) is 0 Å². The Kier molecular flexibility index (Phi) is 5.47. The molecule has 3 nitrogen and oxygen atoms in total. The number of hydrazone groups is 1. The second-order valence-corrected chi connectivity index (χ2v) is 9.34. The van der Waals surface area contributed by atoms with Crippen molar-refractivity contribution in [1.29, 1.82) is 0 Å². The monoisotopic (exact) mass is 432 g/mol. The molecule has 0 saturated carbocycles. The average Bonchev–Trinajstić information content (AvgIpc) is 3.30. The highest BCUT2D eigenvalue weighted by molar-refractivity contribution is 6.02. The van der Waals surface area contributed by atoms with Gasteiger partial charge in [-0.2, -0.15) is 0 Å². The van der Waals surface area contributed by atoms with Gasteiger partial charge in [0.2, 0.25) is 12.1 Å². The first-order valence-corrected chi connectivity index (χ1v) is 11.4. The van der Waals surface area contributed by atoms with Gasteiger partial charge < -0.3 is 4.74 Å². The van der Waals surface area contributed by atoms with Crippen molar-refractivity contribution >= 4 is 11.6 Å². The Hall–Kier alpha value is -3.85. The van der Waals surface area contributed by atoms with E-state index < -0.39 is 0 Å². The lowest BCUT2D eigenvalue weighted by Crippen LogP contribution is -2.20. The molecule has 0 spiro atoms. The third kappa shape index (κ3) is 4.27. The Morgan fingerprint density at radius 1 is 0.667 bits per heavy atom. The van der Waals surface area contributed by atoms with Gasteiger partial charge in [0, 0.05) is 11.1 Å². The minimum Gasteiger partial charge on any atom is -0.446 e. The minimum absolute atomic E-state index is 0.102. The predicted octanol–water partition coefficient (Wildman–Crippen LogP) is 7.55. The number of nitrogens with zero attached hydrogens (tertiary/aromatic N) is 2. The maximum Gasteiger partial charge on any atom is 0.241 e. The highest BCUT2D eigenvalue weighted by atomic mass is 16.5. The molecule has 0 fully saturated rings. The van der Waals surface area contributed by atoms with Crippen LogP contribution in [0.5, 0.6) is 0 Å². The van der Waals surface area contributed by atoms with E-state index in [1.54, 1.807) is 0 Å². The highest BCUT2D eigenvalue weighted by Gasteiger charge is 2.32. The molecule has 0 radical (unpaired) electrons. The molecular weight excluding hydrogens is 404 g/mol. The van der Waals surface area contributed by atoms with Gasteiger partial charge in [0.05, 0.1) is 5.69 Å². The van der Waals surface area contributed by atoms with Gasteiger partial charge in [0.25, 0.3) is 0 Å². The molecule has 0 N–H and O–H groups in total. The van der Waals surface area contributed by atoms with Crippen molar-refractivity contribution in [3.8, 4) is 11.1 Å². The zero-order valence-electron chi connectivity index (χ0n) is 19.3. The van der Waals surface area contributed by atoms with Crippen molar-refractivity contribution in [3.63, 3.8) is 0 Å². The minimum atomic E-state index is -0.333. The summed E-state index contributed by atoms with van der Waals surface area (Å²) in [5, 5.41) is 6.95. The second kappa shape index (κ2) is 8.59. The van der Waals surface area contributed by atoms with Crippen LogP contribution < -0.4 is 5.01 Å². The maximum atomic E-state index is 6.56. The summed E-state index contributed by atoms with van der Waals surface area (Å²) in [6.45, 7) is 6.68. The molecule has 0 amide bonds. The summed E-state index contributed by atoms with van der Waals surface area (Å²) in [4.78, 5) is 0. The Bertz CT molecular complexity index is 1260. The van der Waals surface area contributed by atoms with Crippen LogP contribution in [0.2, 0.25) is 0 Å².